The van der Waals surface area contributed by atoms with E-state index in [1.807, 2.05) is 6.92 Å². The SMILES string of the molecule is COC(=O)CCN(C)S(=O)(=O)N1CCC(C(C)N)CC1.Cl. The van der Waals surface area contributed by atoms with E-state index < -0.39 is 16.2 Å². The zero-order chi connectivity index (χ0) is 15.3. The average Bonchev–Trinajstić information content (AvgIpc) is 2.44. The highest BCUT2D eigenvalue weighted by molar-refractivity contribution is 7.86. The molecule has 0 aromatic rings. The molecule has 21 heavy (non-hydrogen) atoms. The van der Waals surface area contributed by atoms with Crippen molar-refractivity contribution in [3.8, 4) is 0 Å². The van der Waals surface area contributed by atoms with E-state index in [-0.39, 0.29) is 31.4 Å². The number of rotatable bonds is 6. The molecule has 7 nitrogen and oxygen atoms in total. The van der Waals surface area contributed by atoms with E-state index in [9.17, 15) is 13.2 Å². The van der Waals surface area contributed by atoms with Crippen LogP contribution in [0, 0.1) is 5.92 Å². The molecule has 1 aliphatic rings. The Morgan fingerprint density at radius 3 is 2.38 bits per heavy atom. The van der Waals surface area contributed by atoms with Crippen LogP contribution in [0.2, 0.25) is 0 Å². The van der Waals surface area contributed by atoms with Crippen molar-refractivity contribution >= 4 is 28.6 Å². The van der Waals surface area contributed by atoms with Crippen molar-refractivity contribution in [3.63, 3.8) is 0 Å². The van der Waals surface area contributed by atoms with Crippen molar-refractivity contribution < 1.29 is 17.9 Å². The van der Waals surface area contributed by atoms with Gasteiger partial charge in [-0.2, -0.15) is 17.0 Å². The molecule has 0 aromatic heterocycles. The fraction of sp³-hybridized carbons (Fsp3) is 0.917. The number of halogens is 1. The van der Waals surface area contributed by atoms with E-state index in [2.05, 4.69) is 4.74 Å². The van der Waals surface area contributed by atoms with Gasteiger partial charge in [-0.05, 0) is 25.7 Å². The molecule has 0 bridgehead atoms. The predicted molar refractivity (Wildman–Crippen MR) is 83.4 cm³/mol. The molecule has 0 spiro atoms. The summed E-state index contributed by atoms with van der Waals surface area (Å²) in [4.78, 5) is 11.1. The molecule has 1 aliphatic heterocycles. The zero-order valence-corrected chi connectivity index (χ0v) is 14.5. The van der Waals surface area contributed by atoms with Crippen LogP contribution in [0.3, 0.4) is 0 Å². The van der Waals surface area contributed by atoms with Crippen LogP contribution in [0.1, 0.15) is 26.2 Å². The number of hydrogen-bond acceptors (Lipinski definition) is 5. The number of esters is 1. The lowest BCUT2D eigenvalue weighted by molar-refractivity contribution is -0.140. The van der Waals surface area contributed by atoms with Crippen molar-refractivity contribution in [2.75, 3.05) is 33.8 Å². The first-order valence-electron chi connectivity index (χ1n) is 6.82. The monoisotopic (exact) mass is 343 g/mol. The van der Waals surface area contributed by atoms with Gasteiger partial charge in [0.2, 0.25) is 0 Å². The second-order valence-electron chi connectivity index (χ2n) is 5.25. The summed E-state index contributed by atoms with van der Waals surface area (Å²) in [5, 5.41) is 0. The molecule has 126 valence electrons. The number of carbonyl (C=O) groups is 1. The Bertz CT molecular complexity index is 422. The van der Waals surface area contributed by atoms with Crippen LogP contribution < -0.4 is 5.73 Å². The summed E-state index contributed by atoms with van der Waals surface area (Å²) in [7, 11) is -0.728. The largest absolute Gasteiger partial charge is 0.469 e. The maximum absolute atomic E-state index is 12.3. The molecule has 1 saturated heterocycles. The van der Waals surface area contributed by atoms with Crippen molar-refractivity contribution in [1.29, 1.82) is 0 Å². The second-order valence-corrected chi connectivity index (χ2v) is 7.29. The summed E-state index contributed by atoms with van der Waals surface area (Å²) >= 11 is 0. The van der Waals surface area contributed by atoms with Crippen molar-refractivity contribution in [2.24, 2.45) is 11.7 Å². The van der Waals surface area contributed by atoms with Crippen molar-refractivity contribution in [1.82, 2.24) is 8.61 Å². The highest BCUT2D eigenvalue weighted by Gasteiger charge is 2.32. The lowest BCUT2D eigenvalue weighted by Gasteiger charge is -2.34. The van der Waals surface area contributed by atoms with Gasteiger partial charge in [0.25, 0.3) is 10.2 Å². The third-order valence-corrected chi connectivity index (χ3v) is 5.81. The number of ether oxygens (including phenoxy) is 1. The minimum atomic E-state index is -3.50. The number of methoxy groups -OCH3 is 1. The van der Waals surface area contributed by atoms with Crippen LogP contribution in [0.5, 0.6) is 0 Å². The van der Waals surface area contributed by atoms with E-state index in [0.717, 1.165) is 12.8 Å². The number of hydrogen-bond donors (Lipinski definition) is 1. The maximum Gasteiger partial charge on any atom is 0.306 e. The Kier molecular flexibility index (Phi) is 8.72. The average molecular weight is 344 g/mol. The molecule has 2 N–H and O–H groups in total. The third-order valence-electron chi connectivity index (χ3n) is 3.82. The molecule has 0 radical (unpaired) electrons. The predicted octanol–water partition coefficient (Wildman–Crippen LogP) is 0.207. The van der Waals surface area contributed by atoms with E-state index in [1.165, 1.54) is 22.8 Å². The van der Waals surface area contributed by atoms with Crippen LogP contribution in [0.25, 0.3) is 0 Å². The van der Waals surface area contributed by atoms with Crippen LogP contribution in [-0.2, 0) is 19.7 Å². The Balaban J connectivity index is 0.00000400. The topological polar surface area (TPSA) is 92.9 Å². The Labute approximate surface area is 133 Å². The van der Waals surface area contributed by atoms with E-state index >= 15 is 0 Å². The zero-order valence-electron chi connectivity index (χ0n) is 12.8. The minimum Gasteiger partial charge on any atom is -0.469 e. The van der Waals surface area contributed by atoms with Gasteiger partial charge >= 0.3 is 5.97 Å². The summed E-state index contributed by atoms with van der Waals surface area (Å²) in [5.74, 6) is -0.0375. The Hall–Kier alpha value is -0.410. The molecule has 1 atom stereocenters. The minimum absolute atomic E-state index is 0. The van der Waals surface area contributed by atoms with Gasteiger partial charge in [-0.15, -0.1) is 12.4 Å². The molecular weight excluding hydrogens is 318 g/mol. The number of nitrogens with two attached hydrogens (primary N) is 1. The van der Waals surface area contributed by atoms with Gasteiger partial charge in [0, 0.05) is 32.7 Å². The van der Waals surface area contributed by atoms with Gasteiger partial charge in [-0.25, -0.2) is 0 Å². The van der Waals surface area contributed by atoms with E-state index in [0.29, 0.717) is 19.0 Å². The van der Waals surface area contributed by atoms with Gasteiger partial charge in [-0.1, -0.05) is 0 Å². The van der Waals surface area contributed by atoms with Gasteiger partial charge in [0.05, 0.1) is 13.5 Å². The summed E-state index contributed by atoms with van der Waals surface area (Å²) in [6.07, 6.45) is 1.62. The van der Waals surface area contributed by atoms with Gasteiger partial charge in [0.15, 0.2) is 0 Å². The molecule has 9 heteroatoms. The normalized spacial score (nSPS) is 19.1. The van der Waals surface area contributed by atoms with Crippen molar-refractivity contribution in [2.45, 2.75) is 32.2 Å². The first kappa shape index (κ1) is 20.6. The smallest absolute Gasteiger partial charge is 0.306 e. The fourth-order valence-electron chi connectivity index (χ4n) is 2.30. The molecule has 1 fully saturated rings. The van der Waals surface area contributed by atoms with Gasteiger partial charge in [-0.3, -0.25) is 4.79 Å². The summed E-state index contributed by atoms with van der Waals surface area (Å²) < 4.78 is 31.8. The van der Waals surface area contributed by atoms with Crippen LogP contribution in [-0.4, -0.2) is 62.8 Å². The second kappa shape index (κ2) is 8.89. The molecule has 1 heterocycles. The van der Waals surface area contributed by atoms with Crippen LogP contribution in [0.4, 0.5) is 0 Å². The van der Waals surface area contributed by atoms with Crippen molar-refractivity contribution in [3.05, 3.63) is 0 Å². The molecule has 0 aromatic carbocycles. The fourth-order valence-corrected chi connectivity index (χ4v) is 3.68. The highest BCUT2D eigenvalue weighted by atomic mass is 35.5. The summed E-state index contributed by atoms with van der Waals surface area (Å²) in [6.45, 7) is 3.05. The number of piperidine rings is 1. The first-order chi connectivity index (χ1) is 9.28. The molecule has 0 saturated carbocycles. The summed E-state index contributed by atoms with van der Waals surface area (Å²) in [6, 6.07) is 0.0944. The Morgan fingerprint density at radius 1 is 1.43 bits per heavy atom. The number of nitrogens with zero attached hydrogens (tertiary/aromatic N) is 2. The Morgan fingerprint density at radius 2 is 1.95 bits per heavy atom. The molecule has 0 amide bonds. The number of carbonyl (C=O) groups excluding carboxylic acids is 1. The molecule has 0 aliphatic carbocycles. The highest BCUT2D eigenvalue weighted by Crippen LogP contribution is 2.22. The van der Waals surface area contributed by atoms with Gasteiger partial charge < -0.3 is 10.5 Å². The lowest BCUT2D eigenvalue weighted by Crippen LogP contribution is -2.48. The molecular formula is C12H26ClN3O4S. The quantitative estimate of drug-likeness (QED) is 0.696. The van der Waals surface area contributed by atoms with E-state index in [1.54, 1.807) is 0 Å². The molecule has 1 unspecified atom stereocenters. The van der Waals surface area contributed by atoms with Crippen LogP contribution in [0.15, 0.2) is 0 Å². The van der Waals surface area contributed by atoms with Crippen LogP contribution >= 0.6 is 12.4 Å². The molecule has 1 rings (SSSR count). The summed E-state index contributed by atoms with van der Waals surface area (Å²) in [5.41, 5.74) is 5.85. The van der Waals surface area contributed by atoms with E-state index in [4.69, 9.17) is 5.73 Å². The lowest BCUT2D eigenvalue weighted by atomic mass is 9.92. The maximum atomic E-state index is 12.3. The third kappa shape index (κ3) is 5.71. The van der Waals surface area contributed by atoms with Gasteiger partial charge in [0.1, 0.15) is 0 Å². The standard InChI is InChI=1S/C12H25N3O4S.ClH/c1-10(13)11-4-8-15(9-5-11)20(17,18)14(2)7-6-12(16)19-3;/h10-11H,4-9,13H2,1-3H3;1H. The first-order valence-corrected chi connectivity index (χ1v) is 8.22.